The number of ether oxygens (including phenoxy) is 3. The summed E-state index contributed by atoms with van der Waals surface area (Å²) in [5.41, 5.74) is -2.36. The van der Waals surface area contributed by atoms with Crippen LogP contribution in [0.3, 0.4) is 0 Å². The fraction of sp³-hybridized carbons (Fsp3) is 0.867. The van der Waals surface area contributed by atoms with Crippen LogP contribution in [0.2, 0.25) is 0 Å². The lowest BCUT2D eigenvalue weighted by Crippen LogP contribution is -2.65. The van der Waals surface area contributed by atoms with E-state index in [2.05, 4.69) is 35.6 Å². The zero-order valence-electron chi connectivity index (χ0n) is 23.7. The molecular formula is C30H45IO8. The van der Waals surface area contributed by atoms with Crippen molar-refractivity contribution in [2.75, 3.05) is 18.1 Å². The highest BCUT2D eigenvalue weighted by molar-refractivity contribution is 14.1. The number of carbonyl (C=O) groups excluding carboxylic acids is 1. The molecule has 0 aromatic rings. The van der Waals surface area contributed by atoms with Gasteiger partial charge in [-0.3, -0.25) is 4.79 Å². The molecule has 1 aliphatic heterocycles. The van der Waals surface area contributed by atoms with Gasteiger partial charge in [-0.15, -0.1) is 0 Å². The number of alkyl halides is 1. The van der Waals surface area contributed by atoms with E-state index in [0.717, 1.165) is 42.0 Å². The molecule has 1 heterocycles. The molecule has 4 bridgehead atoms. The summed E-state index contributed by atoms with van der Waals surface area (Å²) in [6.45, 7) is 8.11. The summed E-state index contributed by atoms with van der Waals surface area (Å²) in [5, 5.41) is 33.0. The van der Waals surface area contributed by atoms with Gasteiger partial charge in [0.2, 0.25) is 0 Å². The summed E-state index contributed by atoms with van der Waals surface area (Å²) in [7, 11) is 1.46. The van der Waals surface area contributed by atoms with E-state index in [4.69, 9.17) is 14.2 Å². The number of allylic oxidation sites excluding steroid dienone is 1. The first kappa shape index (κ1) is 29.9. The number of carbonyl (C=O) groups is 2. The van der Waals surface area contributed by atoms with Gasteiger partial charge in [-0.1, -0.05) is 61.4 Å². The molecule has 9 heteroatoms. The summed E-state index contributed by atoms with van der Waals surface area (Å²) in [5.74, 6) is -0.496. The third-order valence-electron chi connectivity index (χ3n) is 11.6. The molecule has 0 aromatic heterocycles. The van der Waals surface area contributed by atoms with Crippen molar-refractivity contribution in [2.45, 2.75) is 90.5 Å². The van der Waals surface area contributed by atoms with Gasteiger partial charge in [-0.25, -0.2) is 0 Å². The largest absolute Gasteiger partial charge is 0.481 e. The van der Waals surface area contributed by atoms with Crippen LogP contribution in [0.25, 0.3) is 0 Å². The molecule has 39 heavy (non-hydrogen) atoms. The highest BCUT2D eigenvalue weighted by Crippen LogP contribution is 2.84. The van der Waals surface area contributed by atoms with Crippen molar-refractivity contribution in [1.82, 2.24) is 0 Å². The first-order chi connectivity index (χ1) is 18.5. The van der Waals surface area contributed by atoms with Crippen molar-refractivity contribution in [3.05, 3.63) is 11.6 Å². The van der Waals surface area contributed by atoms with Crippen LogP contribution < -0.4 is 0 Å². The highest BCUT2D eigenvalue weighted by Gasteiger charge is 2.87. The lowest BCUT2D eigenvalue weighted by Gasteiger charge is -2.59. The second-order valence-electron chi connectivity index (χ2n) is 13.2. The minimum Gasteiger partial charge on any atom is -0.481 e. The Hall–Kier alpha value is -0.590. The molecule has 0 spiro atoms. The van der Waals surface area contributed by atoms with Gasteiger partial charge in [0, 0.05) is 12.5 Å². The molecule has 220 valence electrons. The van der Waals surface area contributed by atoms with Crippen LogP contribution in [-0.2, 0) is 23.8 Å². The number of rotatable bonds is 10. The molecule has 3 saturated carbocycles. The van der Waals surface area contributed by atoms with Crippen LogP contribution >= 0.6 is 22.6 Å². The van der Waals surface area contributed by atoms with E-state index >= 15 is 0 Å². The normalized spacial score (nSPS) is 50.2. The number of carboxylic acid groups (broad SMARTS) is 1. The molecule has 3 N–H and O–H groups in total. The molecule has 0 aromatic carbocycles. The van der Waals surface area contributed by atoms with E-state index in [9.17, 15) is 24.9 Å². The van der Waals surface area contributed by atoms with Crippen LogP contribution in [-0.4, -0.2) is 76.4 Å². The number of hydrogen-bond acceptors (Lipinski definition) is 7. The number of carboxylic acids is 1. The monoisotopic (exact) mass is 660 g/mol. The number of hydrogen-bond donors (Lipinski definition) is 3. The van der Waals surface area contributed by atoms with Gasteiger partial charge < -0.3 is 34.3 Å². The van der Waals surface area contributed by atoms with Crippen LogP contribution in [0, 0.1) is 51.8 Å². The van der Waals surface area contributed by atoms with E-state index in [0.29, 0.717) is 12.3 Å². The first-order valence-electron chi connectivity index (χ1n) is 14.6. The van der Waals surface area contributed by atoms with Crippen LogP contribution in [0.15, 0.2) is 11.6 Å². The summed E-state index contributed by atoms with van der Waals surface area (Å²) in [6, 6.07) is 0. The first-order valence-corrected chi connectivity index (χ1v) is 16.2. The van der Waals surface area contributed by atoms with Crippen molar-refractivity contribution in [1.29, 1.82) is 0 Å². The fourth-order valence-corrected chi connectivity index (χ4v) is 10.8. The number of aliphatic hydroxyl groups excluding tert-OH is 2. The number of methoxy groups -OCH3 is 1. The topological polar surface area (TPSA) is 123 Å². The lowest BCUT2D eigenvalue weighted by molar-refractivity contribution is -0.306. The van der Waals surface area contributed by atoms with Crippen molar-refractivity contribution in [3.63, 3.8) is 0 Å². The molecule has 0 radical (unpaired) electrons. The third-order valence-corrected chi connectivity index (χ3v) is 12.4. The number of aldehydes is 1. The Morgan fingerprint density at radius 3 is 2.56 bits per heavy atom. The quantitative estimate of drug-likeness (QED) is 0.140. The molecule has 5 rings (SSSR count). The molecule has 8 nitrogen and oxygen atoms in total. The maximum Gasteiger partial charge on any atom is 0.315 e. The minimum absolute atomic E-state index is 0.0294. The molecule has 1 unspecified atom stereocenters. The fourth-order valence-electron chi connectivity index (χ4n) is 10.3. The molecule has 4 aliphatic carbocycles. The van der Waals surface area contributed by atoms with Gasteiger partial charge in [0.05, 0.1) is 18.1 Å². The molecule has 13 atom stereocenters. The third kappa shape index (κ3) is 3.71. The molecule has 0 amide bonds. The predicted octanol–water partition coefficient (Wildman–Crippen LogP) is 3.85. The van der Waals surface area contributed by atoms with Gasteiger partial charge in [-0.05, 0) is 72.5 Å². The molecule has 5 aliphatic rings. The summed E-state index contributed by atoms with van der Waals surface area (Å²) >= 11 is 2.36. The Bertz CT molecular complexity index is 1000. The number of aliphatic carboxylic acids is 1. The zero-order chi connectivity index (χ0) is 28.5. The highest BCUT2D eigenvalue weighted by atomic mass is 127. The zero-order valence-corrected chi connectivity index (χ0v) is 25.9. The van der Waals surface area contributed by atoms with E-state index < -0.39 is 52.9 Å². The minimum atomic E-state index is -1.37. The van der Waals surface area contributed by atoms with Gasteiger partial charge in [-0.2, -0.15) is 0 Å². The number of aliphatic hydroxyl groups is 2. The average Bonchev–Trinajstić information content (AvgIpc) is 3.46. The SMILES string of the molecule is CO[C@H]1[C@@H](O)[C@H](O)[C@H](OC[C@@]23C[C@@H]4[C@H](C)CC[C@H]4[C@@]4(C=O)C(CCCI)[C@H]2C=C(C(C)C)[C@@]34C(=O)O)O[C@@H]1C. The number of halogens is 1. The van der Waals surface area contributed by atoms with Crippen molar-refractivity contribution in [2.24, 2.45) is 51.8 Å². The van der Waals surface area contributed by atoms with Gasteiger partial charge in [0.15, 0.2) is 6.29 Å². The summed E-state index contributed by atoms with van der Waals surface area (Å²) < 4.78 is 18.7. The van der Waals surface area contributed by atoms with E-state index in [-0.39, 0.29) is 36.2 Å². The lowest BCUT2D eigenvalue weighted by atomic mass is 9.41. The second-order valence-corrected chi connectivity index (χ2v) is 14.3. The molecule has 1 saturated heterocycles. The maximum absolute atomic E-state index is 13.9. The molecule has 4 fully saturated rings. The standard InChI is InChI=1S/C30H45IO8/c1-15(2)21-11-22-20(7-6-10-31)29(13-32)19-9-8-16(3)18(19)12-28(22,30(21,29)27(35)36)14-38-26-24(34)23(33)25(37-5)17(4)39-26/h11,13,15-20,22-26,33-34H,6-10,12,14H2,1-5H3,(H,35,36)/t16-,17-,18-,19-,20?,22-,23+,24+,25-,26-,28+,29+,30-/m1/s1. The second kappa shape index (κ2) is 10.6. The summed E-state index contributed by atoms with van der Waals surface area (Å²) in [6.07, 6.45) is 2.65. The van der Waals surface area contributed by atoms with Gasteiger partial charge in [0.25, 0.3) is 0 Å². The maximum atomic E-state index is 13.9. The smallest absolute Gasteiger partial charge is 0.315 e. The van der Waals surface area contributed by atoms with Gasteiger partial charge in [0.1, 0.15) is 30.0 Å². The van der Waals surface area contributed by atoms with Crippen LogP contribution in [0.1, 0.15) is 59.8 Å². The van der Waals surface area contributed by atoms with Gasteiger partial charge >= 0.3 is 5.97 Å². The van der Waals surface area contributed by atoms with Crippen LogP contribution in [0.4, 0.5) is 0 Å². The Morgan fingerprint density at radius 2 is 1.97 bits per heavy atom. The van der Waals surface area contributed by atoms with Crippen LogP contribution in [0.5, 0.6) is 0 Å². The average molecular weight is 661 g/mol. The Kier molecular flexibility index (Phi) is 8.12. The van der Waals surface area contributed by atoms with Crippen molar-refractivity contribution < 1.29 is 39.1 Å². The summed E-state index contributed by atoms with van der Waals surface area (Å²) in [4.78, 5) is 27.5. The number of fused-ring (bicyclic) bond motifs is 2. The van der Waals surface area contributed by atoms with E-state index in [1.807, 2.05) is 13.8 Å². The van der Waals surface area contributed by atoms with E-state index in [1.54, 1.807) is 6.92 Å². The predicted molar refractivity (Wildman–Crippen MR) is 152 cm³/mol. The van der Waals surface area contributed by atoms with E-state index in [1.165, 1.54) is 7.11 Å². The van der Waals surface area contributed by atoms with Crippen molar-refractivity contribution >= 4 is 34.8 Å². The Morgan fingerprint density at radius 1 is 1.26 bits per heavy atom. The Labute approximate surface area is 245 Å². The molecular weight excluding hydrogens is 615 g/mol. The Balaban J connectivity index is 1.64. The van der Waals surface area contributed by atoms with Crippen molar-refractivity contribution in [3.8, 4) is 0 Å².